The molecule has 3 heteroatoms. The summed E-state index contributed by atoms with van der Waals surface area (Å²) in [6, 6.07) is 5.38. The number of thiophene rings is 1. The molecule has 4 saturated carbocycles. The summed E-state index contributed by atoms with van der Waals surface area (Å²) < 4.78 is 0. The summed E-state index contributed by atoms with van der Waals surface area (Å²) in [6.45, 7) is 3.31. The highest BCUT2D eigenvalue weighted by molar-refractivity contribution is 7.11. The molecule has 0 radical (unpaired) electrons. The van der Waals surface area contributed by atoms with E-state index in [1.54, 1.807) is 6.42 Å². The topological polar surface area (TPSA) is 12.0 Å². The Labute approximate surface area is 126 Å². The molecule has 0 saturated heterocycles. The molecule has 1 heterocycles. The SMILES string of the molecule is Cc1ccc(CNC2C3CC4CC(C3)CC2C4)s1.Cl. The van der Waals surface area contributed by atoms with Gasteiger partial charge < -0.3 is 5.32 Å². The number of halogens is 1. The van der Waals surface area contributed by atoms with Gasteiger partial charge >= 0.3 is 0 Å². The fraction of sp³-hybridized carbons (Fsp3) is 0.750. The first-order chi connectivity index (χ1) is 8.78. The standard InChI is InChI=1S/C16H23NS.ClH/c1-10-2-3-15(18-10)9-17-16-13-5-11-4-12(7-13)8-14(16)6-11;/h2-3,11-14,16-17H,4-9H2,1H3;1H. The molecule has 1 N–H and O–H groups in total. The molecule has 4 fully saturated rings. The first kappa shape index (κ1) is 13.9. The number of hydrogen-bond donors (Lipinski definition) is 1. The molecule has 106 valence electrons. The molecular formula is C16H24ClNS. The normalized spacial score (nSPS) is 39.3. The maximum absolute atomic E-state index is 3.90. The highest BCUT2D eigenvalue weighted by atomic mass is 35.5. The van der Waals surface area contributed by atoms with Gasteiger partial charge in [-0.1, -0.05) is 0 Å². The van der Waals surface area contributed by atoms with Crippen molar-refractivity contribution in [2.45, 2.75) is 51.6 Å². The highest BCUT2D eigenvalue weighted by Gasteiger charge is 2.47. The minimum absolute atomic E-state index is 0. The number of hydrogen-bond acceptors (Lipinski definition) is 2. The van der Waals surface area contributed by atoms with E-state index in [-0.39, 0.29) is 12.4 Å². The van der Waals surface area contributed by atoms with E-state index in [1.807, 2.05) is 11.3 Å². The van der Waals surface area contributed by atoms with Gasteiger partial charge in [0.2, 0.25) is 0 Å². The fourth-order valence-corrected chi connectivity index (χ4v) is 5.90. The zero-order valence-corrected chi connectivity index (χ0v) is 13.2. The average Bonchev–Trinajstić information content (AvgIpc) is 2.73. The van der Waals surface area contributed by atoms with Crippen molar-refractivity contribution in [1.82, 2.24) is 5.32 Å². The Bertz CT molecular complexity index is 414. The molecule has 4 bridgehead atoms. The van der Waals surface area contributed by atoms with Crippen LogP contribution in [0.3, 0.4) is 0 Å². The van der Waals surface area contributed by atoms with E-state index >= 15 is 0 Å². The van der Waals surface area contributed by atoms with Crippen molar-refractivity contribution in [1.29, 1.82) is 0 Å². The maximum Gasteiger partial charge on any atom is 0.0302 e. The number of nitrogens with one attached hydrogen (secondary N) is 1. The van der Waals surface area contributed by atoms with Crippen molar-refractivity contribution in [3.8, 4) is 0 Å². The number of rotatable bonds is 3. The van der Waals surface area contributed by atoms with Gasteiger partial charge in [-0.05, 0) is 74.8 Å². The van der Waals surface area contributed by atoms with Crippen LogP contribution in [0, 0.1) is 30.6 Å². The molecule has 4 aliphatic rings. The lowest BCUT2D eigenvalue weighted by atomic mass is 9.54. The van der Waals surface area contributed by atoms with E-state index in [0.717, 1.165) is 36.3 Å². The van der Waals surface area contributed by atoms with E-state index in [1.165, 1.54) is 35.4 Å². The molecule has 0 aromatic carbocycles. The first-order valence-electron chi connectivity index (χ1n) is 7.56. The second-order valence-electron chi connectivity index (χ2n) is 6.85. The van der Waals surface area contributed by atoms with Crippen molar-refractivity contribution in [3.05, 3.63) is 21.9 Å². The Balaban J connectivity index is 0.00000110. The Kier molecular flexibility index (Phi) is 3.94. The van der Waals surface area contributed by atoms with Crippen LogP contribution in [-0.2, 0) is 6.54 Å². The molecule has 19 heavy (non-hydrogen) atoms. The van der Waals surface area contributed by atoms with Gasteiger partial charge in [0.05, 0.1) is 0 Å². The highest BCUT2D eigenvalue weighted by Crippen LogP contribution is 2.53. The smallest absolute Gasteiger partial charge is 0.0302 e. The van der Waals surface area contributed by atoms with Crippen molar-refractivity contribution in [2.24, 2.45) is 23.7 Å². The van der Waals surface area contributed by atoms with Gasteiger partial charge in [-0.25, -0.2) is 0 Å². The molecule has 4 aliphatic carbocycles. The third kappa shape index (κ3) is 2.59. The summed E-state index contributed by atoms with van der Waals surface area (Å²) in [5, 5.41) is 3.90. The monoisotopic (exact) mass is 297 g/mol. The van der Waals surface area contributed by atoms with Crippen molar-refractivity contribution >= 4 is 23.7 Å². The largest absolute Gasteiger partial charge is 0.309 e. The molecule has 0 spiro atoms. The second-order valence-corrected chi connectivity index (χ2v) is 8.22. The lowest BCUT2D eigenvalue weighted by Crippen LogP contribution is -2.54. The van der Waals surface area contributed by atoms with Crippen LogP contribution >= 0.6 is 23.7 Å². The van der Waals surface area contributed by atoms with Crippen LogP contribution in [0.15, 0.2) is 12.1 Å². The molecular weight excluding hydrogens is 274 g/mol. The third-order valence-electron chi connectivity index (χ3n) is 5.53. The summed E-state index contributed by atoms with van der Waals surface area (Å²) in [7, 11) is 0. The molecule has 0 atom stereocenters. The van der Waals surface area contributed by atoms with Crippen LogP contribution in [0.25, 0.3) is 0 Å². The fourth-order valence-electron chi connectivity index (χ4n) is 5.06. The summed E-state index contributed by atoms with van der Waals surface area (Å²) in [5.74, 6) is 4.19. The van der Waals surface area contributed by atoms with Crippen LogP contribution in [0.4, 0.5) is 0 Å². The number of aryl methyl sites for hydroxylation is 1. The lowest BCUT2D eigenvalue weighted by molar-refractivity contribution is -0.0141. The predicted molar refractivity (Wildman–Crippen MR) is 84.0 cm³/mol. The molecule has 1 nitrogen and oxygen atoms in total. The Morgan fingerprint density at radius 2 is 1.68 bits per heavy atom. The second kappa shape index (κ2) is 5.38. The molecule has 0 aliphatic heterocycles. The Morgan fingerprint density at radius 3 is 2.21 bits per heavy atom. The van der Waals surface area contributed by atoms with E-state index in [2.05, 4.69) is 24.4 Å². The summed E-state index contributed by atoms with van der Waals surface area (Å²) in [5.41, 5.74) is 0. The lowest BCUT2D eigenvalue weighted by Gasteiger charge is -2.54. The Hall–Kier alpha value is -0.0500. The summed E-state index contributed by atoms with van der Waals surface area (Å²) in [4.78, 5) is 2.96. The minimum Gasteiger partial charge on any atom is -0.309 e. The molecule has 0 amide bonds. The van der Waals surface area contributed by atoms with Crippen LogP contribution in [0.2, 0.25) is 0 Å². The van der Waals surface area contributed by atoms with Crippen LogP contribution < -0.4 is 5.32 Å². The Morgan fingerprint density at radius 1 is 1.05 bits per heavy atom. The molecule has 0 unspecified atom stereocenters. The van der Waals surface area contributed by atoms with Crippen molar-refractivity contribution in [3.63, 3.8) is 0 Å². The zero-order valence-electron chi connectivity index (χ0n) is 11.6. The first-order valence-corrected chi connectivity index (χ1v) is 8.38. The van der Waals surface area contributed by atoms with E-state index in [4.69, 9.17) is 0 Å². The molecule has 1 aromatic rings. The van der Waals surface area contributed by atoms with Gasteiger partial charge in [0.25, 0.3) is 0 Å². The minimum atomic E-state index is 0. The van der Waals surface area contributed by atoms with E-state index in [0.29, 0.717) is 0 Å². The summed E-state index contributed by atoms with van der Waals surface area (Å²) >= 11 is 1.95. The zero-order chi connectivity index (χ0) is 12.1. The van der Waals surface area contributed by atoms with Crippen LogP contribution in [0.5, 0.6) is 0 Å². The third-order valence-corrected chi connectivity index (χ3v) is 6.54. The van der Waals surface area contributed by atoms with Gasteiger partial charge in [-0.3, -0.25) is 0 Å². The summed E-state index contributed by atoms with van der Waals surface area (Å²) in [6.07, 6.45) is 7.65. The van der Waals surface area contributed by atoms with Crippen LogP contribution in [0.1, 0.15) is 41.9 Å². The van der Waals surface area contributed by atoms with Gasteiger partial charge in [-0.2, -0.15) is 0 Å². The quantitative estimate of drug-likeness (QED) is 0.872. The maximum atomic E-state index is 3.90. The van der Waals surface area contributed by atoms with Gasteiger partial charge in [-0.15, -0.1) is 23.7 Å². The average molecular weight is 298 g/mol. The predicted octanol–water partition coefficient (Wildman–Crippen LogP) is 4.39. The van der Waals surface area contributed by atoms with Crippen molar-refractivity contribution < 1.29 is 0 Å². The molecule has 5 rings (SSSR count). The van der Waals surface area contributed by atoms with Gasteiger partial charge in [0.1, 0.15) is 0 Å². The molecule has 1 aromatic heterocycles. The van der Waals surface area contributed by atoms with Crippen LogP contribution in [-0.4, -0.2) is 6.04 Å². The van der Waals surface area contributed by atoms with Gasteiger partial charge in [0.15, 0.2) is 0 Å². The van der Waals surface area contributed by atoms with E-state index < -0.39 is 0 Å². The van der Waals surface area contributed by atoms with Crippen molar-refractivity contribution in [2.75, 3.05) is 0 Å². The van der Waals surface area contributed by atoms with Gasteiger partial charge in [0, 0.05) is 22.3 Å². The van der Waals surface area contributed by atoms with E-state index in [9.17, 15) is 0 Å².